The predicted molar refractivity (Wildman–Crippen MR) is 78.4 cm³/mol. The number of hydrogen-bond donors (Lipinski definition) is 1. The zero-order chi connectivity index (χ0) is 15.5. The largest absolute Gasteiger partial charge is 0.288 e. The van der Waals surface area contributed by atoms with Gasteiger partial charge in [-0.25, -0.2) is 13.4 Å². The zero-order valence-corrected chi connectivity index (χ0v) is 12.7. The van der Waals surface area contributed by atoms with Crippen molar-refractivity contribution in [2.75, 3.05) is 4.72 Å². The first-order valence-electron chi connectivity index (χ1n) is 5.56. The average Bonchev–Trinajstić information content (AvgIpc) is 2.40. The number of sulfonamides is 1. The van der Waals surface area contributed by atoms with Crippen molar-refractivity contribution >= 4 is 39.1 Å². The van der Waals surface area contributed by atoms with Crippen molar-refractivity contribution in [2.45, 2.75) is 15.5 Å². The maximum absolute atomic E-state index is 12.2. The quantitative estimate of drug-likeness (QED) is 0.657. The third kappa shape index (κ3) is 4.55. The summed E-state index contributed by atoms with van der Waals surface area (Å²) >= 11 is 6.03. The van der Waals surface area contributed by atoms with Crippen LogP contribution in [0.25, 0.3) is 0 Å². The van der Waals surface area contributed by atoms with Crippen LogP contribution in [-0.4, -0.2) is 19.2 Å². The van der Waals surface area contributed by atoms with Gasteiger partial charge < -0.3 is 0 Å². The van der Waals surface area contributed by atoms with Gasteiger partial charge in [0, 0.05) is 16.8 Å². The van der Waals surface area contributed by atoms with Crippen molar-refractivity contribution in [3.63, 3.8) is 0 Å². The molecule has 0 unspecified atom stereocenters. The Kier molecular flexibility index (Phi) is 5.02. The number of anilines is 1. The molecule has 1 N–H and O–H groups in total. The van der Waals surface area contributed by atoms with Gasteiger partial charge in [0.05, 0.1) is 4.90 Å². The monoisotopic (exact) mass is 350 g/mol. The number of pyridine rings is 1. The Balaban J connectivity index is 2.17. The Labute approximate surface area is 129 Å². The molecular formula is C12H9ClF2N2O2S2. The van der Waals surface area contributed by atoms with Crippen LogP contribution in [0.15, 0.2) is 52.4 Å². The van der Waals surface area contributed by atoms with Crippen LogP contribution in [-0.2, 0) is 10.0 Å². The summed E-state index contributed by atoms with van der Waals surface area (Å²) < 4.78 is 50.9. The summed E-state index contributed by atoms with van der Waals surface area (Å²) in [5.74, 6) is -2.52. The molecule has 9 heteroatoms. The fourth-order valence-electron chi connectivity index (χ4n) is 1.47. The highest BCUT2D eigenvalue weighted by atomic mass is 35.5. The van der Waals surface area contributed by atoms with Gasteiger partial charge in [0.1, 0.15) is 5.15 Å². The van der Waals surface area contributed by atoms with Crippen LogP contribution in [0.5, 0.6) is 0 Å². The normalized spacial score (nSPS) is 11.6. The van der Waals surface area contributed by atoms with Crippen LogP contribution < -0.4 is 4.72 Å². The van der Waals surface area contributed by atoms with Gasteiger partial charge in [-0.2, -0.15) is 8.78 Å². The molecule has 0 fully saturated rings. The molecule has 0 aliphatic carbocycles. The Hall–Kier alpha value is -1.38. The highest BCUT2D eigenvalue weighted by molar-refractivity contribution is 7.99. The maximum atomic E-state index is 12.2. The minimum absolute atomic E-state index is 0.0338. The Morgan fingerprint density at radius 3 is 2.43 bits per heavy atom. The van der Waals surface area contributed by atoms with Gasteiger partial charge in [0.25, 0.3) is 15.8 Å². The maximum Gasteiger partial charge on any atom is 0.288 e. The van der Waals surface area contributed by atoms with Crippen LogP contribution in [0.1, 0.15) is 0 Å². The SMILES string of the molecule is O=S(=O)(Nc1ccc(SC(F)F)cc1)c1ccnc(Cl)c1. The first-order chi connectivity index (χ1) is 9.87. The van der Waals surface area contributed by atoms with E-state index in [4.69, 9.17) is 11.6 Å². The highest BCUT2D eigenvalue weighted by Gasteiger charge is 2.15. The van der Waals surface area contributed by atoms with Gasteiger partial charge in [0.15, 0.2) is 0 Å². The number of hydrogen-bond acceptors (Lipinski definition) is 4. The minimum Gasteiger partial charge on any atom is -0.280 e. The van der Waals surface area contributed by atoms with E-state index in [0.29, 0.717) is 16.7 Å². The van der Waals surface area contributed by atoms with Gasteiger partial charge in [-0.05, 0) is 36.4 Å². The van der Waals surface area contributed by atoms with E-state index in [1.807, 2.05) is 0 Å². The third-order valence-electron chi connectivity index (χ3n) is 2.34. The van der Waals surface area contributed by atoms with Gasteiger partial charge in [-0.15, -0.1) is 0 Å². The van der Waals surface area contributed by atoms with Gasteiger partial charge >= 0.3 is 0 Å². The zero-order valence-electron chi connectivity index (χ0n) is 10.3. The van der Waals surface area contributed by atoms with E-state index in [1.54, 1.807) is 0 Å². The van der Waals surface area contributed by atoms with Crippen molar-refractivity contribution in [1.82, 2.24) is 4.98 Å². The van der Waals surface area contributed by atoms with Crippen molar-refractivity contribution in [3.05, 3.63) is 47.7 Å². The standard InChI is InChI=1S/C12H9ClF2N2O2S2/c13-11-7-10(5-6-16-11)21(18,19)17-8-1-3-9(4-2-8)20-12(14)15/h1-7,12,17H. The summed E-state index contributed by atoms with van der Waals surface area (Å²) in [4.78, 5) is 4.01. The first-order valence-corrected chi connectivity index (χ1v) is 8.30. The van der Waals surface area contributed by atoms with E-state index in [-0.39, 0.29) is 15.7 Å². The molecule has 0 saturated heterocycles. The molecule has 1 aromatic carbocycles. The summed E-state index contributed by atoms with van der Waals surface area (Å²) in [7, 11) is -3.80. The van der Waals surface area contributed by atoms with Crippen molar-refractivity contribution in [3.8, 4) is 0 Å². The van der Waals surface area contributed by atoms with Gasteiger partial charge in [0.2, 0.25) is 0 Å². The number of nitrogens with one attached hydrogen (secondary N) is 1. The lowest BCUT2D eigenvalue weighted by Gasteiger charge is -2.08. The third-order valence-corrected chi connectivity index (χ3v) is 4.65. The van der Waals surface area contributed by atoms with E-state index in [0.717, 1.165) is 0 Å². The molecular weight excluding hydrogens is 342 g/mol. The van der Waals surface area contributed by atoms with Crippen LogP contribution in [0.2, 0.25) is 5.15 Å². The van der Waals surface area contributed by atoms with E-state index >= 15 is 0 Å². The molecule has 2 rings (SSSR count). The van der Waals surface area contributed by atoms with Gasteiger partial charge in [-0.3, -0.25) is 4.72 Å². The molecule has 0 aliphatic heterocycles. The van der Waals surface area contributed by atoms with E-state index in [9.17, 15) is 17.2 Å². The minimum atomic E-state index is -3.80. The Morgan fingerprint density at radius 1 is 1.19 bits per heavy atom. The molecule has 0 radical (unpaired) electrons. The number of halogens is 3. The van der Waals surface area contributed by atoms with Crippen LogP contribution in [0.4, 0.5) is 14.5 Å². The number of benzene rings is 1. The Bertz CT molecular complexity index is 724. The highest BCUT2D eigenvalue weighted by Crippen LogP contribution is 2.27. The molecule has 0 bridgehead atoms. The molecule has 0 spiro atoms. The summed E-state index contributed by atoms with van der Waals surface area (Å²) in [5, 5.41) is 0.0570. The molecule has 4 nitrogen and oxygen atoms in total. The van der Waals surface area contributed by atoms with Gasteiger partial charge in [-0.1, -0.05) is 23.4 Å². The smallest absolute Gasteiger partial charge is 0.280 e. The molecule has 112 valence electrons. The molecule has 1 aromatic heterocycles. The van der Waals surface area contributed by atoms with Crippen molar-refractivity contribution < 1.29 is 17.2 Å². The number of alkyl halides is 2. The molecule has 2 aromatic rings. The Morgan fingerprint density at radius 2 is 1.86 bits per heavy atom. The fourth-order valence-corrected chi connectivity index (χ4v) is 3.28. The number of rotatable bonds is 5. The van der Waals surface area contributed by atoms with Crippen molar-refractivity contribution in [1.29, 1.82) is 0 Å². The lowest BCUT2D eigenvalue weighted by atomic mass is 10.3. The molecule has 1 heterocycles. The fraction of sp³-hybridized carbons (Fsp3) is 0.0833. The van der Waals surface area contributed by atoms with Crippen molar-refractivity contribution in [2.24, 2.45) is 0 Å². The molecule has 0 atom stereocenters. The molecule has 0 saturated carbocycles. The number of nitrogens with zero attached hydrogens (tertiary/aromatic N) is 1. The summed E-state index contributed by atoms with van der Waals surface area (Å²) in [6, 6.07) is 8.15. The predicted octanol–water partition coefficient (Wildman–Crippen LogP) is 3.85. The summed E-state index contributed by atoms with van der Waals surface area (Å²) in [6.45, 7) is 0. The van der Waals surface area contributed by atoms with Crippen LogP contribution in [0.3, 0.4) is 0 Å². The second-order valence-electron chi connectivity index (χ2n) is 3.82. The molecule has 21 heavy (non-hydrogen) atoms. The lowest BCUT2D eigenvalue weighted by Crippen LogP contribution is -2.12. The van der Waals surface area contributed by atoms with E-state index in [2.05, 4.69) is 9.71 Å². The molecule has 0 aliphatic rings. The second kappa shape index (κ2) is 6.59. The van der Waals surface area contributed by atoms with Crippen LogP contribution >= 0.6 is 23.4 Å². The lowest BCUT2D eigenvalue weighted by molar-refractivity contribution is 0.252. The second-order valence-corrected chi connectivity index (χ2v) is 6.96. The van der Waals surface area contributed by atoms with Crippen LogP contribution in [0, 0.1) is 0 Å². The average molecular weight is 351 g/mol. The number of aromatic nitrogens is 1. The topological polar surface area (TPSA) is 59.1 Å². The summed E-state index contributed by atoms with van der Waals surface area (Å²) in [5.41, 5.74) is 0.265. The number of thioether (sulfide) groups is 1. The van der Waals surface area contributed by atoms with E-state index in [1.165, 1.54) is 42.6 Å². The first kappa shape index (κ1) is 16.0. The summed E-state index contributed by atoms with van der Waals surface area (Å²) in [6.07, 6.45) is 1.28. The molecule has 0 amide bonds. The van der Waals surface area contributed by atoms with E-state index < -0.39 is 15.8 Å².